The Kier molecular flexibility index (Phi) is 5.48. The van der Waals surface area contributed by atoms with Crippen molar-refractivity contribution in [1.29, 1.82) is 0 Å². The number of nitrogens with one attached hydrogen (secondary N) is 1. The molecule has 2 N–H and O–H groups in total. The first-order valence-electron chi connectivity index (χ1n) is 6.43. The third-order valence-corrected chi connectivity index (χ3v) is 2.80. The molecular formula is C14H20N2O3. The molecule has 0 spiro atoms. The van der Waals surface area contributed by atoms with Crippen LogP contribution in [0.1, 0.15) is 43.2 Å². The highest BCUT2D eigenvalue weighted by Gasteiger charge is 2.23. The van der Waals surface area contributed by atoms with Gasteiger partial charge in [-0.05, 0) is 30.4 Å². The van der Waals surface area contributed by atoms with Crippen LogP contribution in [0.15, 0.2) is 18.3 Å². The van der Waals surface area contributed by atoms with Gasteiger partial charge in [-0.25, -0.2) is 4.79 Å². The van der Waals surface area contributed by atoms with Crippen LogP contribution in [0.4, 0.5) is 0 Å². The smallest absolute Gasteiger partial charge is 0.326 e. The monoisotopic (exact) mass is 264 g/mol. The van der Waals surface area contributed by atoms with Gasteiger partial charge in [0.25, 0.3) is 5.91 Å². The molecule has 1 heterocycles. The summed E-state index contributed by atoms with van der Waals surface area (Å²) in [7, 11) is 0. The summed E-state index contributed by atoms with van der Waals surface area (Å²) >= 11 is 0. The molecular weight excluding hydrogens is 244 g/mol. The van der Waals surface area contributed by atoms with Crippen molar-refractivity contribution in [1.82, 2.24) is 10.3 Å². The summed E-state index contributed by atoms with van der Waals surface area (Å²) < 4.78 is 0. The van der Waals surface area contributed by atoms with Crippen molar-refractivity contribution < 1.29 is 14.7 Å². The average molecular weight is 264 g/mol. The van der Waals surface area contributed by atoms with Crippen molar-refractivity contribution in [2.45, 2.75) is 39.7 Å². The van der Waals surface area contributed by atoms with E-state index >= 15 is 0 Å². The summed E-state index contributed by atoms with van der Waals surface area (Å²) in [5.74, 6) is -1.25. The van der Waals surface area contributed by atoms with Crippen LogP contribution in [0, 0.1) is 5.92 Å². The molecule has 0 radical (unpaired) electrons. The fourth-order valence-corrected chi connectivity index (χ4v) is 1.85. The summed E-state index contributed by atoms with van der Waals surface area (Å²) in [5, 5.41) is 11.6. The summed E-state index contributed by atoms with van der Waals surface area (Å²) in [6, 6.07) is 2.71. The SMILES string of the molecule is CCc1cccnc1C(=O)N[C@H](CC(C)C)C(=O)O. The molecule has 0 unspecified atom stereocenters. The number of hydrogen-bond acceptors (Lipinski definition) is 3. The first-order valence-corrected chi connectivity index (χ1v) is 6.43. The molecule has 104 valence electrons. The van der Waals surface area contributed by atoms with Gasteiger partial charge in [0.15, 0.2) is 0 Å². The normalized spacial score (nSPS) is 12.2. The number of aryl methyl sites for hydroxylation is 1. The Labute approximate surface area is 113 Å². The maximum Gasteiger partial charge on any atom is 0.326 e. The van der Waals surface area contributed by atoms with Crippen molar-refractivity contribution in [2.75, 3.05) is 0 Å². The second-order valence-electron chi connectivity index (χ2n) is 4.86. The quantitative estimate of drug-likeness (QED) is 0.822. The molecule has 0 bridgehead atoms. The highest BCUT2D eigenvalue weighted by molar-refractivity contribution is 5.96. The van der Waals surface area contributed by atoms with E-state index in [0.717, 1.165) is 5.56 Å². The lowest BCUT2D eigenvalue weighted by Crippen LogP contribution is -2.42. The number of rotatable bonds is 6. The third kappa shape index (κ3) is 4.35. The van der Waals surface area contributed by atoms with Gasteiger partial charge in [-0.2, -0.15) is 0 Å². The van der Waals surface area contributed by atoms with E-state index in [4.69, 9.17) is 5.11 Å². The summed E-state index contributed by atoms with van der Waals surface area (Å²) in [6.45, 7) is 5.76. The Morgan fingerprint density at radius 2 is 2.11 bits per heavy atom. The van der Waals surface area contributed by atoms with Gasteiger partial charge in [-0.15, -0.1) is 0 Å². The van der Waals surface area contributed by atoms with E-state index in [0.29, 0.717) is 18.5 Å². The molecule has 5 heteroatoms. The van der Waals surface area contributed by atoms with Crippen molar-refractivity contribution in [2.24, 2.45) is 5.92 Å². The zero-order valence-corrected chi connectivity index (χ0v) is 11.5. The largest absolute Gasteiger partial charge is 0.480 e. The summed E-state index contributed by atoms with van der Waals surface area (Å²) in [4.78, 5) is 27.2. The Morgan fingerprint density at radius 1 is 1.42 bits per heavy atom. The van der Waals surface area contributed by atoms with Crippen LogP contribution in [0.25, 0.3) is 0 Å². The molecule has 0 aliphatic rings. The minimum atomic E-state index is -1.02. The maximum atomic E-state index is 12.1. The third-order valence-electron chi connectivity index (χ3n) is 2.80. The summed E-state index contributed by atoms with van der Waals surface area (Å²) in [5.41, 5.74) is 1.12. The molecule has 5 nitrogen and oxygen atoms in total. The minimum Gasteiger partial charge on any atom is -0.480 e. The lowest BCUT2D eigenvalue weighted by Gasteiger charge is -2.17. The topological polar surface area (TPSA) is 79.3 Å². The molecule has 1 amide bonds. The van der Waals surface area contributed by atoms with E-state index in [1.807, 2.05) is 26.8 Å². The average Bonchev–Trinajstić information content (AvgIpc) is 2.37. The van der Waals surface area contributed by atoms with Gasteiger partial charge in [0.2, 0.25) is 0 Å². The molecule has 0 fully saturated rings. The molecule has 0 aliphatic heterocycles. The Hall–Kier alpha value is -1.91. The van der Waals surface area contributed by atoms with Crippen molar-refractivity contribution in [3.8, 4) is 0 Å². The van der Waals surface area contributed by atoms with Gasteiger partial charge in [0.1, 0.15) is 11.7 Å². The standard InChI is InChI=1S/C14H20N2O3/c1-4-10-6-5-7-15-12(10)13(17)16-11(14(18)19)8-9(2)3/h5-7,9,11H,4,8H2,1-3H3,(H,16,17)(H,18,19)/t11-/m1/s1. The second-order valence-corrected chi connectivity index (χ2v) is 4.86. The predicted octanol–water partition coefficient (Wildman–Crippen LogP) is 1.87. The lowest BCUT2D eigenvalue weighted by atomic mass is 10.0. The van der Waals surface area contributed by atoms with E-state index in [1.54, 1.807) is 6.07 Å². The number of carboxylic acid groups (broad SMARTS) is 1. The number of carbonyl (C=O) groups is 2. The number of carboxylic acids is 1. The molecule has 0 saturated carbocycles. The van der Waals surface area contributed by atoms with E-state index in [9.17, 15) is 9.59 Å². The molecule has 0 aromatic carbocycles. The second kappa shape index (κ2) is 6.87. The van der Waals surface area contributed by atoms with Crippen LogP contribution in [0.3, 0.4) is 0 Å². The van der Waals surface area contributed by atoms with E-state index < -0.39 is 17.9 Å². The predicted molar refractivity (Wildman–Crippen MR) is 72.0 cm³/mol. The highest BCUT2D eigenvalue weighted by atomic mass is 16.4. The molecule has 1 atom stereocenters. The Balaban J connectivity index is 2.84. The summed E-state index contributed by atoms with van der Waals surface area (Å²) in [6.07, 6.45) is 2.61. The number of amides is 1. The van der Waals surface area contributed by atoms with Gasteiger partial charge in [0.05, 0.1) is 0 Å². The highest BCUT2D eigenvalue weighted by Crippen LogP contribution is 2.09. The van der Waals surface area contributed by atoms with Crippen molar-refractivity contribution in [3.05, 3.63) is 29.6 Å². The number of aromatic nitrogens is 1. The number of carbonyl (C=O) groups excluding carboxylic acids is 1. The maximum absolute atomic E-state index is 12.1. The molecule has 1 rings (SSSR count). The molecule has 0 aliphatic carbocycles. The Bertz CT molecular complexity index is 458. The number of hydrogen-bond donors (Lipinski definition) is 2. The fourth-order valence-electron chi connectivity index (χ4n) is 1.85. The van der Waals surface area contributed by atoms with Crippen LogP contribution in [0.5, 0.6) is 0 Å². The number of aliphatic carboxylic acids is 1. The van der Waals surface area contributed by atoms with Crippen LogP contribution in [-0.2, 0) is 11.2 Å². The van der Waals surface area contributed by atoms with E-state index in [-0.39, 0.29) is 5.92 Å². The fraction of sp³-hybridized carbons (Fsp3) is 0.500. The van der Waals surface area contributed by atoms with Crippen LogP contribution >= 0.6 is 0 Å². The first-order chi connectivity index (χ1) is 8.95. The van der Waals surface area contributed by atoms with E-state index in [2.05, 4.69) is 10.3 Å². The molecule has 19 heavy (non-hydrogen) atoms. The lowest BCUT2D eigenvalue weighted by molar-refractivity contribution is -0.139. The number of nitrogens with zero attached hydrogens (tertiary/aromatic N) is 1. The van der Waals surface area contributed by atoms with Gasteiger partial charge in [-0.1, -0.05) is 26.8 Å². The molecule has 1 aromatic heterocycles. The number of pyridine rings is 1. The van der Waals surface area contributed by atoms with Gasteiger partial charge in [0, 0.05) is 6.20 Å². The minimum absolute atomic E-state index is 0.191. The van der Waals surface area contributed by atoms with Crippen LogP contribution < -0.4 is 5.32 Å². The molecule has 1 aromatic rings. The van der Waals surface area contributed by atoms with Crippen LogP contribution in [0.2, 0.25) is 0 Å². The van der Waals surface area contributed by atoms with Crippen LogP contribution in [-0.4, -0.2) is 28.0 Å². The Morgan fingerprint density at radius 3 is 2.63 bits per heavy atom. The van der Waals surface area contributed by atoms with Crippen molar-refractivity contribution >= 4 is 11.9 Å². The van der Waals surface area contributed by atoms with Gasteiger partial charge < -0.3 is 10.4 Å². The van der Waals surface area contributed by atoms with E-state index in [1.165, 1.54) is 6.20 Å². The first kappa shape index (κ1) is 15.1. The van der Waals surface area contributed by atoms with Gasteiger partial charge >= 0.3 is 5.97 Å². The van der Waals surface area contributed by atoms with Gasteiger partial charge in [-0.3, -0.25) is 9.78 Å². The zero-order chi connectivity index (χ0) is 14.4. The molecule has 0 saturated heterocycles. The zero-order valence-electron chi connectivity index (χ0n) is 11.5. The van der Waals surface area contributed by atoms with Crippen molar-refractivity contribution in [3.63, 3.8) is 0 Å².